The third-order valence-electron chi connectivity index (χ3n) is 4.37. The SMILES string of the molecule is CC[C@@]1(/C=C/C(C)(C)C)CCN(c2ccc(OC)cc2)C1=O. The summed E-state index contributed by atoms with van der Waals surface area (Å²) >= 11 is 0. The summed E-state index contributed by atoms with van der Waals surface area (Å²) in [7, 11) is 1.65. The van der Waals surface area contributed by atoms with E-state index in [1.165, 1.54) is 0 Å². The summed E-state index contributed by atoms with van der Waals surface area (Å²) in [6.45, 7) is 9.35. The summed E-state index contributed by atoms with van der Waals surface area (Å²) in [4.78, 5) is 14.9. The normalized spacial score (nSPS) is 22.6. The molecule has 1 aliphatic heterocycles. The van der Waals surface area contributed by atoms with Crippen molar-refractivity contribution in [2.45, 2.75) is 40.5 Å². The molecule has 1 amide bonds. The van der Waals surface area contributed by atoms with Crippen molar-refractivity contribution in [1.82, 2.24) is 0 Å². The number of amides is 1. The number of carbonyl (C=O) groups excluding carboxylic acids is 1. The van der Waals surface area contributed by atoms with E-state index in [9.17, 15) is 4.79 Å². The van der Waals surface area contributed by atoms with Crippen LogP contribution in [0.25, 0.3) is 0 Å². The summed E-state index contributed by atoms with van der Waals surface area (Å²) in [5, 5.41) is 0. The molecular formula is C19H27NO2. The smallest absolute Gasteiger partial charge is 0.237 e. The number of ether oxygens (including phenoxy) is 1. The van der Waals surface area contributed by atoms with E-state index in [0.29, 0.717) is 0 Å². The number of nitrogens with zero attached hydrogens (tertiary/aromatic N) is 1. The highest BCUT2D eigenvalue weighted by Crippen LogP contribution is 2.40. The highest BCUT2D eigenvalue weighted by Gasteiger charge is 2.43. The topological polar surface area (TPSA) is 29.5 Å². The fourth-order valence-electron chi connectivity index (χ4n) is 2.81. The molecule has 1 aliphatic rings. The van der Waals surface area contributed by atoms with Gasteiger partial charge in [0.15, 0.2) is 0 Å². The lowest BCUT2D eigenvalue weighted by molar-refractivity contribution is -0.123. The average Bonchev–Trinajstić information content (AvgIpc) is 2.82. The van der Waals surface area contributed by atoms with E-state index < -0.39 is 0 Å². The van der Waals surface area contributed by atoms with Crippen molar-refractivity contribution >= 4 is 11.6 Å². The molecule has 0 bridgehead atoms. The third-order valence-corrected chi connectivity index (χ3v) is 4.37. The largest absolute Gasteiger partial charge is 0.497 e. The van der Waals surface area contributed by atoms with Gasteiger partial charge in [0.1, 0.15) is 5.75 Å². The maximum atomic E-state index is 13.0. The van der Waals surface area contributed by atoms with Crippen LogP contribution in [0.15, 0.2) is 36.4 Å². The number of hydrogen-bond acceptors (Lipinski definition) is 2. The molecule has 0 spiro atoms. The first-order valence-corrected chi connectivity index (χ1v) is 7.98. The van der Waals surface area contributed by atoms with Crippen molar-refractivity contribution in [3.05, 3.63) is 36.4 Å². The Balaban J connectivity index is 2.24. The second-order valence-electron chi connectivity index (χ2n) is 7.11. The van der Waals surface area contributed by atoms with Gasteiger partial charge in [-0.05, 0) is 42.5 Å². The fourth-order valence-corrected chi connectivity index (χ4v) is 2.81. The first-order valence-electron chi connectivity index (χ1n) is 7.98. The second-order valence-corrected chi connectivity index (χ2v) is 7.11. The summed E-state index contributed by atoms with van der Waals surface area (Å²) < 4.78 is 5.18. The Morgan fingerprint density at radius 1 is 1.27 bits per heavy atom. The molecule has 0 aromatic heterocycles. The molecule has 3 nitrogen and oxygen atoms in total. The Bertz CT molecular complexity index is 554. The highest BCUT2D eigenvalue weighted by atomic mass is 16.5. The Morgan fingerprint density at radius 3 is 2.41 bits per heavy atom. The zero-order valence-corrected chi connectivity index (χ0v) is 14.3. The third kappa shape index (κ3) is 3.34. The van der Waals surface area contributed by atoms with E-state index in [-0.39, 0.29) is 16.7 Å². The van der Waals surface area contributed by atoms with Crippen molar-refractivity contribution in [2.75, 3.05) is 18.6 Å². The molecular weight excluding hydrogens is 274 g/mol. The average molecular weight is 301 g/mol. The van der Waals surface area contributed by atoms with Crippen LogP contribution in [0.2, 0.25) is 0 Å². The fraction of sp³-hybridized carbons (Fsp3) is 0.526. The summed E-state index contributed by atoms with van der Waals surface area (Å²) in [6.07, 6.45) is 6.02. The predicted octanol–water partition coefficient (Wildman–Crippen LogP) is 4.43. The monoisotopic (exact) mass is 301 g/mol. The van der Waals surface area contributed by atoms with Gasteiger partial charge in [-0.3, -0.25) is 4.79 Å². The van der Waals surface area contributed by atoms with Crippen LogP contribution in [-0.4, -0.2) is 19.6 Å². The van der Waals surface area contributed by atoms with Crippen LogP contribution < -0.4 is 9.64 Å². The van der Waals surface area contributed by atoms with Gasteiger partial charge >= 0.3 is 0 Å². The van der Waals surface area contributed by atoms with Gasteiger partial charge in [0, 0.05) is 12.2 Å². The van der Waals surface area contributed by atoms with E-state index in [2.05, 4.69) is 39.8 Å². The van der Waals surface area contributed by atoms with Gasteiger partial charge in [-0.2, -0.15) is 0 Å². The molecule has 0 aliphatic carbocycles. The quantitative estimate of drug-likeness (QED) is 0.770. The second kappa shape index (κ2) is 6.15. The van der Waals surface area contributed by atoms with E-state index in [1.54, 1.807) is 7.11 Å². The minimum atomic E-state index is -0.354. The number of anilines is 1. The molecule has 1 aromatic rings. The molecule has 1 saturated heterocycles. The lowest BCUT2D eigenvalue weighted by atomic mass is 9.80. The van der Waals surface area contributed by atoms with Gasteiger partial charge in [0.2, 0.25) is 5.91 Å². The summed E-state index contributed by atoms with van der Waals surface area (Å²) in [5.41, 5.74) is 0.689. The van der Waals surface area contributed by atoms with Crippen LogP contribution in [0.5, 0.6) is 5.75 Å². The summed E-state index contributed by atoms with van der Waals surface area (Å²) in [6, 6.07) is 7.71. The lowest BCUT2D eigenvalue weighted by Crippen LogP contribution is -2.33. The number of rotatable bonds is 4. The number of methoxy groups -OCH3 is 1. The first-order chi connectivity index (χ1) is 10.3. The minimum Gasteiger partial charge on any atom is -0.497 e. The molecule has 1 fully saturated rings. The Labute approximate surface area is 134 Å². The molecule has 22 heavy (non-hydrogen) atoms. The molecule has 0 radical (unpaired) electrons. The van der Waals surface area contributed by atoms with Crippen LogP contribution in [0, 0.1) is 10.8 Å². The Hall–Kier alpha value is -1.77. The standard InChI is InChI=1S/C19H27NO2/c1-6-19(12-11-18(2,3)4)13-14-20(17(19)21)15-7-9-16(22-5)10-8-15/h7-12H,6,13-14H2,1-5H3/b12-11+/t19-/m1/s1. The van der Waals surface area contributed by atoms with Gasteiger partial charge in [-0.15, -0.1) is 0 Å². The predicted molar refractivity (Wildman–Crippen MR) is 91.3 cm³/mol. The van der Waals surface area contributed by atoms with Crippen LogP contribution >= 0.6 is 0 Å². The van der Waals surface area contributed by atoms with E-state index in [1.807, 2.05) is 29.2 Å². The number of benzene rings is 1. The maximum absolute atomic E-state index is 13.0. The maximum Gasteiger partial charge on any atom is 0.237 e. The van der Waals surface area contributed by atoms with Gasteiger partial charge in [0.05, 0.1) is 12.5 Å². The highest BCUT2D eigenvalue weighted by molar-refractivity contribution is 6.01. The molecule has 1 atom stereocenters. The first kappa shape index (κ1) is 16.6. The van der Waals surface area contributed by atoms with Gasteiger partial charge in [-0.25, -0.2) is 0 Å². The van der Waals surface area contributed by atoms with E-state index in [4.69, 9.17) is 4.74 Å². The zero-order valence-electron chi connectivity index (χ0n) is 14.3. The number of allylic oxidation sites excluding steroid dienone is 1. The van der Waals surface area contributed by atoms with Crippen molar-refractivity contribution in [1.29, 1.82) is 0 Å². The lowest BCUT2D eigenvalue weighted by Gasteiger charge is -2.25. The molecule has 0 unspecified atom stereocenters. The molecule has 1 aromatic carbocycles. The van der Waals surface area contributed by atoms with Crippen molar-refractivity contribution < 1.29 is 9.53 Å². The molecule has 1 heterocycles. The van der Waals surface area contributed by atoms with Crippen LogP contribution in [0.3, 0.4) is 0 Å². The van der Waals surface area contributed by atoms with E-state index in [0.717, 1.165) is 30.8 Å². The Morgan fingerprint density at radius 2 is 1.91 bits per heavy atom. The van der Waals surface area contributed by atoms with Crippen LogP contribution in [0.1, 0.15) is 40.5 Å². The van der Waals surface area contributed by atoms with E-state index >= 15 is 0 Å². The van der Waals surface area contributed by atoms with Crippen LogP contribution in [0.4, 0.5) is 5.69 Å². The van der Waals surface area contributed by atoms with Crippen LogP contribution in [-0.2, 0) is 4.79 Å². The molecule has 120 valence electrons. The number of carbonyl (C=O) groups is 1. The van der Waals surface area contributed by atoms with Gasteiger partial charge < -0.3 is 9.64 Å². The van der Waals surface area contributed by atoms with Crippen molar-refractivity contribution in [3.63, 3.8) is 0 Å². The Kier molecular flexibility index (Phi) is 4.64. The van der Waals surface area contributed by atoms with Crippen molar-refractivity contribution in [2.24, 2.45) is 10.8 Å². The van der Waals surface area contributed by atoms with Gasteiger partial charge in [0.25, 0.3) is 0 Å². The molecule has 3 heteroatoms. The molecule has 2 rings (SSSR count). The minimum absolute atomic E-state index is 0.0932. The summed E-state index contributed by atoms with van der Waals surface area (Å²) in [5.74, 6) is 1.02. The molecule has 0 saturated carbocycles. The van der Waals surface area contributed by atoms with Gasteiger partial charge in [-0.1, -0.05) is 39.8 Å². The zero-order chi connectivity index (χ0) is 16.4. The molecule has 0 N–H and O–H groups in total. The number of hydrogen-bond donors (Lipinski definition) is 0. The van der Waals surface area contributed by atoms with Crippen molar-refractivity contribution in [3.8, 4) is 5.75 Å².